The maximum absolute atomic E-state index is 8.83. The quantitative estimate of drug-likeness (QED) is 0.880. The highest BCUT2D eigenvalue weighted by molar-refractivity contribution is 9.10. The lowest BCUT2D eigenvalue weighted by Gasteiger charge is -2.10. The fourth-order valence-electron chi connectivity index (χ4n) is 1.65. The van der Waals surface area contributed by atoms with Crippen molar-refractivity contribution in [2.45, 2.75) is 0 Å². The first-order chi connectivity index (χ1) is 9.72. The van der Waals surface area contributed by atoms with Crippen LogP contribution in [0.4, 0.5) is 11.4 Å². The predicted molar refractivity (Wildman–Crippen MR) is 83.1 cm³/mol. The molecule has 0 amide bonds. The molecule has 2 aromatic carbocycles. The van der Waals surface area contributed by atoms with Gasteiger partial charge < -0.3 is 15.8 Å². The SMILES string of the molecule is N#Cc1ccc(Nc2ccc(OCCN)cc2)c(Br)c1. The number of benzene rings is 2. The van der Waals surface area contributed by atoms with E-state index in [1.54, 1.807) is 12.1 Å². The van der Waals surface area contributed by atoms with Crippen molar-refractivity contribution in [2.24, 2.45) is 5.73 Å². The first-order valence-electron chi connectivity index (χ1n) is 6.12. The third kappa shape index (κ3) is 3.73. The van der Waals surface area contributed by atoms with Crippen LogP contribution in [0.5, 0.6) is 5.75 Å². The van der Waals surface area contributed by atoms with Crippen molar-refractivity contribution < 1.29 is 4.74 Å². The van der Waals surface area contributed by atoms with Gasteiger partial charge in [0.05, 0.1) is 17.3 Å². The molecule has 20 heavy (non-hydrogen) atoms. The van der Waals surface area contributed by atoms with Gasteiger partial charge in [0.1, 0.15) is 12.4 Å². The van der Waals surface area contributed by atoms with Crippen molar-refractivity contribution in [1.29, 1.82) is 5.26 Å². The molecule has 0 aliphatic rings. The topological polar surface area (TPSA) is 71.1 Å². The molecule has 0 radical (unpaired) electrons. The summed E-state index contributed by atoms with van der Waals surface area (Å²) in [7, 11) is 0. The van der Waals surface area contributed by atoms with E-state index in [-0.39, 0.29) is 0 Å². The maximum atomic E-state index is 8.83. The average molecular weight is 332 g/mol. The van der Waals surface area contributed by atoms with Crippen molar-refractivity contribution in [2.75, 3.05) is 18.5 Å². The van der Waals surface area contributed by atoms with Crippen LogP contribution in [0.25, 0.3) is 0 Å². The minimum absolute atomic E-state index is 0.498. The van der Waals surface area contributed by atoms with E-state index in [0.29, 0.717) is 18.7 Å². The van der Waals surface area contributed by atoms with E-state index >= 15 is 0 Å². The standard InChI is InChI=1S/C15H14BrN3O/c16-14-9-11(10-18)1-6-15(14)19-12-2-4-13(5-3-12)20-8-7-17/h1-6,9,19H,7-8,17H2. The largest absolute Gasteiger partial charge is 0.492 e. The smallest absolute Gasteiger partial charge is 0.119 e. The van der Waals surface area contributed by atoms with Gasteiger partial charge in [-0.1, -0.05) is 0 Å². The van der Waals surface area contributed by atoms with E-state index in [0.717, 1.165) is 21.6 Å². The van der Waals surface area contributed by atoms with Crippen LogP contribution in [0.1, 0.15) is 5.56 Å². The van der Waals surface area contributed by atoms with E-state index < -0.39 is 0 Å². The Morgan fingerprint density at radius 2 is 1.95 bits per heavy atom. The summed E-state index contributed by atoms with van der Waals surface area (Å²) in [6, 6.07) is 15.1. The molecule has 0 bridgehead atoms. The lowest BCUT2D eigenvalue weighted by atomic mass is 10.2. The number of halogens is 1. The molecule has 0 saturated carbocycles. The summed E-state index contributed by atoms with van der Waals surface area (Å²) in [5, 5.41) is 12.1. The van der Waals surface area contributed by atoms with E-state index in [1.807, 2.05) is 30.3 Å². The van der Waals surface area contributed by atoms with Crippen LogP contribution >= 0.6 is 15.9 Å². The summed E-state index contributed by atoms with van der Waals surface area (Å²) in [6.45, 7) is 1.01. The van der Waals surface area contributed by atoms with Gasteiger partial charge in [-0.2, -0.15) is 5.26 Å². The van der Waals surface area contributed by atoms with Crippen molar-refractivity contribution in [1.82, 2.24) is 0 Å². The molecule has 3 N–H and O–H groups in total. The molecule has 4 nitrogen and oxygen atoms in total. The normalized spacial score (nSPS) is 9.85. The van der Waals surface area contributed by atoms with Gasteiger partial charge in [0.2, 0.25) is 0 Å². The Morgan fingerprint density at radius 1 is 1.20 bits per heavy atom. The van der Waals surface area contributed by atoms with E-state index in [9.17, 15) is 0 Å². The number of rotatable bonds is 5. The van der Waals surface area contributed by atoms with Crippen molar-refractivity contribution in [3.63, 3.8) is 0 Å². The van der Waals surface area contributed by atoms with E-state index in [4.69, 9.17) is 15.7 Å². The summed E-state index contributed by atoms with van der Waals surface area (Å²) < 4.78 is 6.26. The first-order valence-corrected chi connectivity index (χ1v) is 6.92. The Morgan fingerprint density at radius 3 is 2.55 bits per heavy atom. The first kappa shape index (κ1) is 14.4. The van der Waals surface area contributed by atoms with Crippen LogP contribution in [0, 0.1) is 11.3 Å². The monoisotopic (exact) mass is 331 g/mol. The Kier molecular flexibility index (Phi) is 4.99. The second kappa shape index (κ2) is 6.94. The van der Waals surface area contributed by atoms with Crippen LogP contribution < -0.4 is 15.8 Å². The fourth-order valence-corrected chi connectivity index (χ4v) is 2.13. The second-order valence-electron chi connectivity index (χ2n) is 4.09. The van der Waals surface area contributed by atoms with Gasteiger partial charge in [-0.15, -0.1) is 0 Å². The molecule has 2 aromatic rings. The Labute approximate surface area is 126 Å². The molecular formula is C15H14BrN3O. The number of hydrogen-bond donors (Lipinski definition) is 2. The zero-order valence-corrected chi connectivity index (χ0v) is 12.4. The van der Waals surface area contributed by atoms with Crippen molar-refractivity contribution >= 4 is 27.3 Å². The number of ether oxygens (including phenoxy) is 1. The molecule has 0 fully saturated rings. The van der Waals surface area contributed by atoms with Gasteiger partial charge in [0.25, 0.3) is 0 Å². The number of nitriles is 1. The van der Waals surface area contributed by atoms with E-state index in [2.05, 4.69) is 27.3 Å². The minimum atomic E-state index is 0.498. The number of nitrogens with two attached hydrogens (primary N) is 1. The summed E-state index contributed by atoms with van der Waals surface area (Å²) in [4.78, 5) is 0. The maximum Gasteiger partial charge on any atom is 0.119 e. The van der Waals surface area contributed by atoms with E-state index in [1.165, 1.54) is 0 Å². The third-order valence-corrected chi connectivity index (χ3v) is 3.27. The molecule has 5 heteroatoms. The van der Waals surface area contributed by atoms with Crippen LogP contribution in [0.2, 0.25) is 0 Å². The van der Waals surface area contributed by atoms with Crippen molar-refractivity contribution in [3.05, 3.63) is 52.5 Å². The molecule has 0 aromatic heterocycles. The predicted octanol–water partition coefficient (Wildman–Crippen LogP) is 3.40. The number of nitrogens with zero attached hydrogens (tertiary/aromatic N) is 1. The molecular weight excluding hydrogens is 318 g/mol. The summed E-state index contributed by atoms with van der Waals surface area (Å²) in [6.07, 6.45) is 0. The molecule has 0 spiro atoms. The van der Waals surface area contributed by atoms with Crippen LogP contribution in [-0.2, 0) is 0 Å². The zero-order chi connectivity index (χ0) is 14.4. The summed E-state index contributed by atoms with van der Waals surface area (Å²) in [5.41, 5.74) is 7.84. The summed E-state index contributed by atoms with van der Waals surface area (Å²) >= 11 is 3.44. The van der Waals surface area contributed by atoms with Crippen LogP contribution in [0.15, 0.2) is 46.9 Å². The van der Waals surface area contributed by atoms with Crippen molar-refractivity contribution in [3.8, 4) is 11.8 Å². The Balaban J connectivity index is 2.08. The average Bonchev–Trinajstić information content (AvgIpc) is 2.48. The number of hydrogen-bond acceptors (Lipinski definition) is 4. The second-order valence-corrected chi connectivity index (χ2v) is 4.95. The lowest BCUT2D eigenvalue weighted by molar-refractivity contribution is 0.328. The zero-order valence-electron chi connectivity index (χ0n) is 10.8. The highest BCUT2D eigenvalue weighted by Crippen LogP contribution is 2.27. The molecule has 0 aliphatic carbocycles. The highest BCUT2D eigenvalue weighted by Gasteiger charge is 2.02. The highest BCUT2D eigenvalue weighted by atomic mass is 79.9. The van der Waals surface area contributed by atoms with Gasteiger partial charge in [-0.05, 0) is 58.4 Å². The van der Waals surface area contributed by atoms with Gasteiger partial charge in [-0.25, -0.2) is 0 Å². The lowest BCUT2D eigenvalue weighted by Crippen LogP contribution is -2.10. The van der Waals surface area contributed by atoms with Gasteiger partial charge in [0, 0.05) is 16.7 Å². The van der Waals surface area contributed by atoms with Crippen LogP contribution in [0.3, 0.4) is 0 Å². The van der Waals surface area contributed by atoms with Gasteiger partial charge in [-0.3, -0.25) is 0 Å². The van der Waals surface area contributed by atoms with Gasteiger partial charge >= 0.3 is 0 Å². The molecule has 0 heterocycles. The fraction of sp³-hybridized carbons (Fsp3) is 0.133. The number of nitrogens with one attached hydrogen (secondary N) is 1. The number of anilines is 2. The Bertz CT molecular complexity index is 620. The van der Waals surface area contributed by atoms with Crippen LogP contribution in [-0.4, -0.2) is 13.2 Å². The van der Waals surface area contributed by atoms with Gasteiger partial charge in [0.15, 0.2) is 0 Å². The summed E-state index contributed by atoms with van der Waals surface area (Å²) in [5.74, 6) is 0.792. The molecule has 2 rings (SSSR count). The molecule has 0 aliphatic heterocycles. The molecule has 0 saturated heterocycles. The Hall–Kier alpha value is -2.03. The molecule has 0 atom stereocenters. The third-order valence-electron chi connectivity index (χ3n) is 2.62. The molecule has 102 valence electrons. The minimum Gasteiger partial charge on any atom is -0.492 e. The molecule has 0 unspecified atom stereocenters.